The lowest BCUT2D eigenvalue weighted by Gasteiger charge is -2.05. The van der Waals surface area contributed by atoms with Gasteiger partial charge in [-0.2, -0.15) is 0 Å². The lowest BCUT2D eigenvalue weighted by molar-refractivity contribution is -0.142. The molecule has 7 nitrogen and oxygen atoms in total. The van der Waals surface area contributed by atoms with Crippen molar-refractivity contribution in [1.29, 1.82) is 0 Å². The summed E-state index contributed by atoms with van der Waals surface area (Å²) in [6.45, 7) is 3.49. The van der Waals surface area contributed by atoms with E-state index in [0.717, 1.165) is 49.6 Å². The van der Waals surface area contributed by atoms with Gasteiger partial charge in [0.25, 0.3) is 0 Å². The SMILES string of the molecule is COc1ccc(-c2cc(CSc3nc(C)cc(C)n3)c(-c3ccc(/C=N/OCC(=O)O)cc3)s2)cc1. The summed E-state index contributed by atoms with van der Waals surface area (Å²) >= 11 is 3.36. The van der Waals surface area contributed by atoms with Crippen molar-refractivity contribution in [2.24, 2.45) is 5.16 Å². The zero-order chi connectivity index (χ0) is 25.5. The van der Waals surface area contributed by atoms with Crippen molar-refractivity contribution < 1.29 is 19.5 Å². The monoisotopic (exact) mass is 519 g/mol. The summed E-state index contributed by atoms with van der Waals surface area (Å²) in [5.41, 5.74) is 6.14. The summed E-state index contributed by atoms with van der Waals surface area (Å²) in [5.74, 6) is 0.490. The van der Waals surface area contributed by atoms with Gasteiger partial charge in [-0.05, 0) is 72.5 Å². The summed E-state index contributed by atoms with van der Waals surface area (Å²) in [4.78, 5) is 26.8. The number of thioether (sulfide) groups is 1. The average molecular weight is 520 g/mol. The molecule has 0 saturated heterocycles. The van der Waals surface area contributed by atoms with E-state index in [9.17, 15) is 4.79 Å². The second kappa shape index (κ2) is 11.8. The topological polar surface area (TPSA) is 93.9 Å². The van der Waals surface area contributed by atoms with Crippen molar-refractivity contribution in [1.82, 2.24) is 9.97 Å². The molecule has 36 heavy (non-hydrogen) atoms. The van der Waals surface area contributed by atoms with Gasteiger partial charge in [-0.15, -0.1) is 11.3 Å². The number of ether oxygens (including phenoxy) is 1. The quantitative estimate of drug-likeness (QED) is 0.115. The maximum atomic E-state index is 10.5. The number of aryl methyl sites for hydroxylation is 2. The Kier molecular flexibility index (Phi) is 8.35. The van der Waals surface area contributed by atoms with Gasteiger partial charge in [0.05, 0.1) is 13.3 Å². The lowest BCUT2D eigenvalue weighted by Crippen LogP contribution is -2.03. The molecule has 2 aromatic carbocycles. The minimum atomic E-state index is -1.07. The van der Waals surface area contributed by atoms with Gasteiger partial charge >= 0.3 is 5.97 Å². The highest BCUT2D eigenvalue weighted by Crippen LogP contribution is 2.40. The Morgan fingerprint density at radius 1 is 1.03 bits per heavy atom. The molecule has 184 valence electrons. The molecule has 0 spiro atoms. The molecule has 0 fully saturated rings. The standard InChI is InChI=1S/C27H25N3O4S2/c1-17-12-18(2)30-27(29-17)35-16-22-13-24(20-8-10-23(33-3)11-9-20)36-26(22)21-6-4-19(5-7-21)14-28-34-15-25(31)32/h4-14H,15-16H2,1-3H3,(H,31,32)/b28-14+. The van der Waals surface area contributed by atoms with Gasteiger partial charge in [-0.1, -0.05) is 41.2 Å². The lowest BCUT2D eigenvalue weighted by atomic mass is 10.1. The van der Waals surface area contributed by atoms with Gasteiger partial charge < -0.3 is 14.7 Å². The van der Waals surface area contributed by atoms with Gasteiger partial charge in [0.15, 0.2) is 5.16 Å². The highest BCUT2D eigenvalue weighted by molar-refractivity contribution is 7.98. The highest BCUT2D eigenvalue weighted by Gasteiger charge is 2.14. The van der Waals surface area contributed by atoms with E-state index in [2.05, 4.69) is 33.3 Å². The molecule has 0 bridgehead atoms. The Labute approximate surface area is 217 Å². The van der Waals surface area contributed by atoms with E-state index in [1.165, 1.54) is 16.7 Å². The third kappa shape index (κ3) is 6.71. The molecule has 0 radical (unpaired) electrons. The maximum Gasteiger partial charge on any atom is 0.344 e. The largest absolute Gasteiger partial charge is 0.497 e. The second-order valence-corrected chi connectivity index (χ2v) is 9.93. The first-order chi connectivity index (χ1) is 17.4. The fourth-order valence-corrected chi connectivity index (χ4v) is 5.70. The molecule has 0 aliphatic heterocycles. The first kappa shape index (κ1) is 25.4. The number of nitrogens with zero attached hydrogens (tertiary/aromatic N) is 3. The number of rotatable bonds is 10. The van der Waals surface area contributed by atoms with Crippen LogP contribution >= 0.6 is 23.1 Å². The van der Waals surface area contributed by atoms with Crippen LogP contribution in [0.4, 0.5) is 0 Å². The molecule has 4 rings (SSSR count). The Morgan fingerprint density at radius 3 is 2.33 bits per heavy atom. The van der Waals surface area contributed by atoms with Crippen molar-refractivity contribution >= 4 is 35.3 Å². The van der Waals surface area contributed by atoms with Gasteiger partial charge in [0, 0.05) is 26.9 Å². The normalized spacial score (nSPS) is 11.1. The zero-order valence-electron chi connectivity index (χ0n) is 20.1. The van der Waals surface area contributed by atoms with Crippen LogP contribution in [0.15, 0.2) is 71.0 Å². The summed E-state index contributed by atoms with van der Waals surface area (Å²) < 4.78 is 5.31. The van der Waals surface area contributed by atoms with E-state index in [0.29, 0.717) is 0 Å². The van der Waals surface area contributed by atoms with Crippen LogP contribution in [0.2, 0.25) is 0 Å². The Hall–Kier alpha value is -3.69. The molecule has 9 heteroatoms. The third-order valence-corrected chi connectivity index (χ3v) is 7.31. The number of thiophene rings is 1. The Bertz CT molecular complexity index is 1350. The molecular weight excluding hydrogens is 494 g/mol. The van der Waals surface area contributed by atoms with Crippen molar-refractivity contribution in [3.8, 4) is 26.6 Å². The first-order valence-corrected chi connectivity index (χ1v) is 12.9. The molecule has 2 aromatic heterocycles. The van der Waals surface area contributed by atoms with Crippen molar-refractivity contribution in [2.75, 3.05) is 13.7 Å². The van der Waals surface area contributed by atoms with Gasteiger partial charge in [0.2, 0.25) is 6.61 Å². The summed E-state index contributed by atoms with van der Waals surface area (Å²) in [7, 11) is 1.66. The summed E-state index contributed by atoms with van der Waals surface area (Å²) in [6.07, 6.45) is 1.50. The van der Waals surface area contributed by atoms with Gasteiger partial charge in [-0.3, -0.25) is 0 Å². The van der Waals surface area contributed by atoms with E-state index in [-0.39, 0.29) is 0 Å². The van der Waals surface area contributed by atoms with Gasteiger partial charge in [-0.25, -0.2) is 14.8 Å². The van der Waals surface area contributed by atoms with Crippen molar-refractivity contribution in [3.05, 3.63) is 83.2 Å². The maximum absolute atomic E-state index is 10.5. The average Bonchev–Trinajstić information content (AvgIpc) is 3.29. The van der Waals surface area contributed by atoms with E-state index in [1.54, 1.807) is 30.2 Å². The smallest absolute Gasteiger partial charge is 0.344 e. The number of benzene rings is 2. The number of hydrogen-bond donors (Lipinski definition) is 1. The fraction of sp³-hybridized carbons (Fsp3) is 0.185. The number of methoxy groups -OCH3 is 1. The molecule has 0 aliphatic carbocycles. The predicted molar refractivity (Wildman–Crippen MR) is 144 cm³/mol. The first-order valence-electron chi connectivity index (χ1n) is 11.1. The molecule has 2 heterocycles. The number of carbonyl (C=O) groups is 1. The molecule has 1 N–H and O–H groups in total. The zero-order valence-corrected chi connectivity index (χ0v) is 21.7. The van der Waals surface area contributed by atoms with Crippen LogP contribution in [0.25, 0.3) is 20.9 Å². The molecular formula is C27H25N3O4S2. The minimum Gasteiger partial charge on any atom is -0.497 e. The number of hydrogen-bond acceptors (Lipinski definition) is 8. The van der Waals surface area contributed by atoms with Gasteiger partial charge in [0.1, 0.15) is 5.75 Å². The number of aromatic nitrogens is 2. The molecule has 0 amide bonds. The predicted octanol–water partition coefficient (Wildman–Crippen LogP) is 6.22. The van der Waals surface area contributed by atoms with Crippen LogP contribution in [0.3, 0.4) is 0 Å². The van der Waals surface area contributed by atoms with Crippen LogP contribution < -0.4 is 4.74 Å². The van der Waals surface area contributed by atoms with E-state index >= 15 is 0 Å². The van der Waals surface area contributed by atoms with Crippen LogP contribution in [0.5, 0.6) is 5.75 Å². The van der Waals surface area contributed by atoms with Crippen LogP contribution in [0, 0.1) is 13.8 Å². The number of carboxylic acids is 1. The number of aliphatic carboxylic acids is 1. The van der Waals surface area contributed by atoms with Crippen LogP contribution in [-0.2, 0) is 15.4 Å². The third-order valence-electron chi connectivity index (χ3n) is 5.14. The van der Waals surface area contributed by atoms with Crippen molar-refractivity contribution in [2.45, 2.75) is 24.8 Å². The molecule has 4 aromatic rings. The second-order valence-electron chi connectivity index (χ2n) is 7.94. The number of carboxylic acid groups (broad SMARTS) is 1. The summed E-state index contributed by atoms with van der Waals surface area (Å²) in [5, 5.41) is 13.1. The molecule has 0 saturated carbocycles. The van der Waals surface area contributed by atoms with E-state index < -0.39 is 12.6 Å². The van der Waals surface area contributed by atoms with E-state index in [1.807, 2.05) is 56.3 Å². The molecule has 0 unspecified atom stereocenters. The van der Waals surface area contributed by atoms with E-state index in [4.69, 9.17) is 14.7 Å². The molecule has 0 aliphatic rings. The highest BCUT2D eigenvalue weighted by atomic mass is 32.2. The van der Waals surface area contributed by atoms with Crippen LogP contribution in [0.1, 0.15) is 22.5 Å². The Balaban J connectivity index is 1.61. The number of oxime groups is 1. The summed E-state index contributed by atoms with van der Waals surface area (Å²) in [6, 6.07) is 20.2. The molecule has 0 atom stereocenters. The van der Waals surface area contributed by atoms with Crippen molar-refractivity contribution in [3.63, 3.8) is 0 Å². The Morgan fingerprint density at radius 2 is 1.69 bits per heavy atom. The fourth-order valence-electron chi connectivity index (χ4n) is 3.49. The minimum absolute atomic E-state index is 0.469. The van der Waals surface area contributed by atoms with Crippen LogP contribution in [-0.4, -0.2) is 41.0 Å².